The number of rotatable bonds is 2. The zero-order chi connectivity index (χ0) is 17.8. The van der Waals surface area contributed by atoms with Crippen molar-refractivity contribution in [3.63, 3.8) is 0 Å². The number of carbonyl (C=O) groups excluding carboxylic acids is 2. The van der Waals surface area contributed by atoms with Gasteiger partial charge in [-0.3, -0.25) is 14.6 Å². The number of carbonyl (C=O) groups is 2. The third kappa shape index (κ3) is 4.17. The third-order valence-corrected chi connectivity index (χ3v) is 4.51. The van der Waals surface area contributed by atoms with E-state index in [0.29, 0.717) is 42.5 Å². The lowest BCUT2D eigenvalue weighted by molar-refractivity contribution is 0.0715. The number of amides is 2. The molecule has 25 heavy (non-hydrogen) atoms. The number of aryl methyl sites for hydroxylation is 1. The fourth-order valence-corrected chi connectivity index (χ4v) is 3.13. The molecule has 2 heterocycles. The predicted octanol–water partition coefficient (Wildman–Crippen LogP) is 3.03. The van der Waals surface area contributed by atoms with Crippen LogP contribution in [0, 0.1) is 6.92 Å². The Kier molecular flexibility index (Phi) is 5.34. The molecule has 1 aliphatic rings. The van der Waals surface area contributed by atoms with Gasteiger partial charge in [0.1, 0.15) is 5.69 Å². The Balaban J connectivity index is 1.68. The van der Waals surface area contributed by atoms with E-state index in [-0.39, 0.29) is 11.8 Å². The Bertz CT molecular complexity index is 728. The van der Waals surface area contributed by atoms with Crippen LogP contribution in [-0.4, -0.2) is 52.8 Å². The average molecular weight is 358 g/mol. The Morgan fingerprint density at radius 1 is 1.00 bits per heavy atom. The highest BCUT2D eigenvalue weighted by Gasteiger charge is 2.24. The van der Waals surface area contributed by atoms with Gasteiger partial charge in [0, 0.05) is 43.0 Å². The smallest absolute Gasteiger partial charge is 0.272 e. The van der Waals surface area contributed by atoms with E-state index in [1.165, 1.54) is 6.20 Å². The highest BCUT2D eigenvalue weighted by atomic mass is 35.5. The quantitative estimate of drug-likeness (QED) is 0.830. The summed E-state index contributed by atoms with van der Waals surface area (Å²) >= 11 is 5.94. The van der Waals surface area contributed by atoms with Crippen molar-refractivity contribution < 1.29 is 9.59 Å². The van der Waals surface area contributed by atoms with Gasteiger partial charge >= 0.3 is 0 Å². The summed E-state index contributed by atoms with van der Waals surface area (Å²) in [5.41, 5.74) is 2.09. The summed E-state index contributed by atoms with van der Waals surface area (Å²) < 4.78 is 0. The second kappa shape index (κ2) is 7.66. The van der Waals surface area contributed by atoms with E-state index in [1.54, 1.807) is 17.0 Å². The van der Waals surface area contributed by atoms with Crippen LogP contribution in [0.5, 0.6) is 0 Å². The highest BCUT2D eigenvalue weighted by molar-refractivity contribution is 6.30. The van der Waals surface area contributed by atoms with Gasteiger partial charge in [-0.1, -0.05) is 29.3 Å². The molecule has 1 aliphatic heterocycles. The molecule has 6 heteroatoms. The van der Waals surface area contributed by atoms with Crippen LogP contribution in [0.3, 0.4) is 0 Å². The van der Waals surface area contributed by atoms with Crippen LogP contribution in [-0.2, 0) is 0 Å². The van der Waals surface area contributed by atoms with Gasteiger partial charge in [0.25, 0.3) is 11.8 Å². The molecule has 0 spiro atoms. The predicted molar refractivity (Wildman–Crippen MR) is 96.9 cm³/mol. The van der Waals surface area contributed by atoms with Gasteiger partial charge in [-0.15, -0.1) is 0 Å². The minimum atomic E-state index is -0.146. The molecule has 1 aromatic carbocycles. The van der Waals surface area contributed by atoms with Gasteiger partial charge < -0.3 is 9.80 Å². The van der Waals surface area contributed by atoms with E-state index in [2.05, 4.69) is 4.98 Å². The first kappa shape index (κ1) is 17.4. The van der Waals surface area contributed by atoms with Crippen molar-refractivity contribution in [1.82, 2.24) is 14.8 Å². The highest BCUT2D eigenvalue weighted by Crippen LogP contribution is 2.14. The first-order valence-electron chi connectivity index (χ1n) is 8.31. The summed E-state index contributed by atoms with van der Waals surface area (Å²) in [7, 11) is 0. The molecule has 1 saturated heterocycles. The van der Waals surface area contributed by atoms with Crippen molar-refractivity contribution in [2.45, 2.75) is 13.3 Å². The van der Waals surface area contributed by atoms with Crippen molar-refractivity contribution >= 4 is 23.4 Å². The Morgan fingerprint density at radius 3 is 2.40 bits per heavy atom. The molecule has 0 atom stereocenters. The monoisotopic (exact) mass is 357 g/mol. The van der Waals surface area contributed by atoms with Crippen LogP contribution in [0.15, 0.2) is 42.6 Å². The van der Waals surface area contributed by atoms with Gasteiger partial charge in [0.15, 0.2) is 0 Å². The topological polar surface area (TPSA) is 53.5 Å². The Morgan fingerprint density at radius 2 is 1.72 bits per heavy atom. The second-order valence-corrected chi connectivity index (χ2v) is 6.60. The molecule has 130 valence electrons. The van der Waals surface area contributed by atoms with E-state index in [0.717, 1.165) is 12.0 Å². The molecule has 0 radical (unpaired) electrons. The Labute approximate surface area is 152 Å². The van der Waals surface area contributed by atoms with Crippen LogP contribution >= 0.6 is 11.6 Å². The summed E-state index contributed by atoms with van der Waals surface area (Å²) in [5.74, 6) is -0.133. The fraction of sp³-hybridized carbons (Fsp3) is 0.316. The number of hydrogen-bond donors (Lipinski definition) is 0. The summed E-state index contributed by atoms with van der Waals surface area (Å²) in [6, 6.07) is 10.8. The minimum absolute atomic E-state index is 0.0129. The number of hydrogen-bond acceptors (Lipinski definition) is 3. The zero-order valence-electron chi connectivity index (χ0n) is 14.1. The lowest BCUT2D eigenvalue weighted by Gasteiger charge is -2.22. The molecule has 0 saturated carbocycles. The molecule has 0 aliphatic carbocycles. The molecular weight excluding hydrogens is 338 g/mol. The molecule has 0 unspecified atom stereocenters. The lowest BCUT2D eigenvalue weighted by Crippen LogP contribution is -2.37. The first-order valence-corrected chi connectivity index (χ1v) is 8.69. The third-order valence-electron chi connectivity index (χ3n) is 4.28. The average Bonchev–Trinajstić information content (AvgIpc) is 2.86. The van der Waals surface area contributed by atoms with Crippen molar-refractivity contribution in [3.05, 3.63) is 64.4 Å². The normalized spacial score (nSPS) is 15.0. The SMILES string of the molecule is Cc1cccc(C(=O)N2CCCN(C(=O)c3cc(Cl)ccn3)CC2)c1. The van der Waals surface area contributed by atoms with Gasteiger partial charge in [0.2, 0.25) is 0 Å². The first-order chi connectivity index (χ1) is 12.0. The van der Waals surface area contributed by atoms with Crippen LogP contribution in [0.4, 0.5) is 0 Å². The van der Waals surface area contributed by atoms with Crippen LogP contribution < -0.4 is 0 Å². The number of benzene rings is 1. The number of pyridine rings is 1. The van der Waals surface area contributed by atoms with E-state index >= 15 is 0 Å². The Hall–Kier alpha value is -2.40. The minimum Gasteiger partial charge on any atom is -0.337 e. The van der Waals surface area contributed by atoms with E-state index in [1.807, 2.05) is 36.1 Å². The molecule has 0 N–H and O–H groups in total. The van der Waals surface area contributed by atoms with E-state index in [9.17, 15) is 9.59 Å². The number of halogens is 1. The fourth-order valence-electron chi connectivity index (χ4n) is 2.97. The summed E-state index contributed by atoms with van der Waals surface area (Å²) in [5, 5.41) is 0.490. The number of aromatic nitrogens is 1. The summed E-state index contributed by atoms with van der Waals surface area (Å²) in [6.07, 6.45) is 2.27. The molecule has 3 rings (SSSR count). The van der Waals surface area contributed by atoms with Gasteiger partial charge in [-0.05, 0) is 37.6 Å². The van der Waals surface area contributed by atoms with Crippen molar-refractivity contribution in [2.75, 3.05) is 26.2 Å². The maximum Gasteiger partial charge on any atom is 0.272 e. The molecule has 2 amide bonds. The lowest BCUT2D eigenvalue weighted by atomic mass is 10.1. The van der Waals surface area contributed by atoms with E-state index in [4.69, 9.17) is 11.6 Å². The number of nitrogens with zero attached hydrogens (tertiary/aromatic N) is 3. The second-order valence-electron chi connectivity index (χ2n) is 6.17. The summed E-state index contributed by atoms with van der Waals surface area (Å²) in [6.45, 7) is 4.21. The standard InChI is InChI=1S/C19H20ClN3O2/c1-14-4-2-5-15(12-14)18(24)22-8-3-9-23(11-10-22)19(25)17-13-16(20)6-7-21-17/h2,4-7,12-13H,3,8-11H2,1H3. The van der Waals surface area contributed by atoms with Crippen molar-refractivity contribution in [1.29, 1.82) is 0 Å². The maximum absolute atomic E-state index is 12.7. The van der Waals surface area contributed by atoms with Gasteiger partial charge in [0.05, 0.1) is 0 Å². The van der Waals surface area contributed by atoms with E-state index < -0.39 is 0 Å². The van der Waals surface area contributed by atoms with Crippen LogP contribution in [0.1, 0.15) is 32.8 Å². The van der Waals surface area contributed by atoms with Crippen molar-refractivity contribution in [3.8, 4) is 0 Å². The molecular formula is C19H20ClN3O2. The van der Waals surface area contributed by atoms with Gasteiger partial charge in [-0.25, -0.2) is 0 Å². The van der Waals surface area contributed by atoms with Gasteiger partial charge in [-0.2, -0.15) is 0 Å². The molecule has 5 nitrogen and oxygen atoms in total. The molecule has 1 aromatic heterocycles. The zero-order valence-corrected chi connectivity index (χ0v) is 14.9. The summed E-state index contributed by atoms with van der Waals surface area (Å²) in [4.78, 5) is 32.9. The largest absolute Gasteiger partial charge is 0.337 e. The van der Waals surface area contributed by atoms with Crippen LogP contribution in [0.2, 0.25) is 5.02 Å². The molecule has 0 bridgehead atoms. The molecule has 1 fully saturated rings. The maximum atomic E-state index is 12.7. The van der Waals surface area contributed by atoms with Crippen LogP contribution in [0.25, 0.3) is 0 Å². The van der Waals surface area contributed by atoms with Crippen molar-refractivity contribution in [2.24, 2.45) is 0 Å². The molecule has 2 aromatic rings.